The van der Waals surface area contributed by atoms with Gasteiger partial charge in [-0.15, -0.1) is 0 Å². The Labute approximate surface area is 121 Å². The first-order chi connectivity index (χ1) is 10.4. The largest absolute Gasteiger partial charge is 0.505 e. The second kappa shape index (κ2) is 5.10. The first-order valence-corrected chi connectivity index (χ1v) is 5.95. The summed E-state index contributed by atoms with van der Waals surface area (Å²) in [7, 11) is 0. The molecule has 6 nitrogen and oxygen atoms in total. The Morgan fingerprint density at radius 1 is 1.00 bits per heavy atom. The number of benzene rings is 1. The van der Waals surface area contributed by atoms with Gasteiger partial charge in [0.05, 0.1) is 23.3 Å². The molecular weight excluding hydrogens is 301 g/mol. The predicted molar refractivity (Wildman–Crippen MR) is 68.3 cm³/mol. The summed E-state index contributed by atoms with van der Waals surface area (Å²) < 4.78 is 43.2. The van der Waals surface area contributed by atoms with Crippen LogP contribution in [0.3, 0.4) is 0 Å². The molecule has 0 unspecified atom stereocenters. The highest BCUT2D eigenvalue weighted by Crippen LogP contribution is 2.31. The minimum Gasteiger partial charge on any atom is -0.505 e. The van der Waals surface area contributed by atoms with Gasteiger partial charge in [-0.2, -0.15) is 23.1 Å². The summed E-state index contributed by atoms with van der Waals surface area (Å²) in [5.74, 6) is -1.15. The van der Waals surface area contributed by atoms with Crippen LogP contribution in [0.1, 0.15) is 5.82 Å². The van der Waals surface area contributed by atoms with Crippen molar-refractivity contribution in [3.05, 3.63) is 42.6 Å². The van der Waals surface area contributed by atoms with Crippen molar-refractivity contribution >= 4 is 10.9 Å². The number of ether oxygens (including phenoxy) is 1. The quantitative estimate of drug-likeness (QED) is 0.784. The van der Waals surface area contributed by atoms with Crippen molar-refractivity contribution in [1.29, 1.82) is 0 Å². The van der Waals surface area contributed by atoms with Gasteiger partial charge in [0.1, 0.15) is 5.75 Å². The van der Waals surface area contributed by atoms with Crippen LogP contribution in [0.25, 0.3) is 10.9 Å². The van der Waals surface area contributed by atoms with Gasteiger partial charge in [-0.25, -0.2) is 9.97 Å². The van der Waals surface area contributed by atoms with Crippen LogP contribution in [0.15, 0.2) is 36.8 Å². The lowest BCUT2D eigenvalue weighted by atomic mass is 10.2. The number of hydrogen-bond donors (Lipinski definition) is 1. The zero-order valence-electron chi connectivity index (χ0n) is 10.7. The first kappa shape index (κ1) is 14.0. The Hall–Kier alpha value is -2.97. The van der Waals surface area contributed by atoms with E-state index < -0.39 is 12.0 Å². The summed E-state index contributed by atoms with van der Waals surface area (Å²) in [5, 5.41) is 9.38. The van der Waals surface area contributed by atoms with E-state index in [9.17, 15) is 13.2 Å². The zero-order chi connectivity index (χ0) is 15.7. The predicted octanol–water partition coefficient (Wildman–Crippen LogP) is 2.94. The van der Waals surface area contributed by atoms with Gasteiger partial charge in [-0.1, -0.05) is 6.07 Å². The van der Waals surface area contributed by atoms with Crippen molar-refractivity contribution in [2.75, 3.05) is 0 Å². The fraction of sp³-hybridized carbons (Fsp3) is 0.0769. The Morgan fingerprint density at radius 2 is 1.73 bits per heavy atom. The lowest BCUT2D eigenvalue weighted by Crippen LogP contribution is -2.10. The fourth-order valence-corrected chi connectivity index (χ4v) is 1.71. The molecule has 0 aliphatic rings. The molecule has 1 aromatic carbocycles. The Balaban J connectivity index is 2.02. The molecule has 112 valence electrons. The second-order valence-corrected chi connectivity index (χ2v) is 4.21. The standard InChI is InChI=1S/C13H7F3N4O2/c14-13(15,16)11-17-6-8-9(20-11)2-1-3-10(8)22-12-18-4-7(21)5-19-12/h1-6,21H. The summed E-state index contributed by atoms with van der Waals surface area (Å²) in [5.41, 5.74) is 0.0820. The third-order valence-corrected chi connectivity index (χ3v) is 2.65. The maximum Gasteiger partial charge on any atom is 0.451 e. The normalized spacial score (nSPS) is 11.6. The first-order valence-electron chi connectivity index (χ1n) is 5.95. The van der Waals surface area contributed by atoms with Crippen LogP contribution in [0.5, 0.6) is 17.5 Å². The van der Waals surface area contributed by atoms with E-state index in [1.54, 1.807) is 0 Å². The van der Waals surface area contributed by atoms with Crippen LogP contribution >= 0.6 is 0 Å². The summed E-state index contributed by atoms with van der Waals surface area (Å²) in [6, 6.07) is 4.36. The molecule has 1 N–H and O–H groups in total. The van der Waals surface area contributed by atoms with Gasteiger partial charge >= 0.3 is 12.2 Å². The molecule has 3 rings (SSSR count). The molecule has 2 aromatic heterocycles. The number of nitrogens with zero attached hydrogens (tertiary/aromatic N) is 4. The van der Waals surface area contributed by atoms with Crippen LogP contribution in [-0.4, -0.2) is 25.0 Å². The Morgan fingerprint density at radius 3 is 2.41 bits per heavy atom. The maximum absolute atomic E-state index is 12.6. The molecule has 9 heteroatoms. The third kappa shape index (κ3) is 2.73. The fourth-order valence-electron chi connectivity index (χ4n) is 1.71. The van der Waals surface area contributed by atoms with E-state index in [1.807, 2.05) is 0 Å². The molecule has 3 aromatic rings. The highest BCUT2D eigenvalue weighted by atomic mass is 19.4. The topological polar surface area (TPSA) is 81.0 Å². The zero-order valence-corrected chi connectivity index (χ0v) is 10.7. The molecule has 2 heterocycles. The third-order valence-electron chi connectivity index (χ3n) is 2.65. The Bertz CT molecular complexity index is 822. The van der Waals surface area contributed by atoms with Crippen molar-refractivity contribution in [3.8, 4) is 17.5 Å². The maximum atomic E-state index is 12.6. The monoisotopic (exact) mass is 308 g/mol. The van der Waals surface area contributed by atoms with Gasteiger partial charge in [-0.05, 0) is 12.1 Å². The molecule has 0 fully saturated rings. The number of fused-ring (bicyclic) bond motifs is 1. The SMILES string of the molecule is Oc1cnc(Oc2cccc3nc(C(F)(F)F)ncc23)nc1. The summed E-state index contributed by atoms with van der Waals surface area (Å²) in [4.78, 5) is 14.2. The smallest absolute Gasteiger partial charge is 0.451 e. The van der Waals surface area contributed by atoms with Crippen molar-refractivity contribution < 1.29 is 23.0 Å². The number of hydrogen-bond acceptors (Lipinski definition) is 6. The van der Waals surface area contributed by atoms with Gasteiger partial charge in [-0.3, -0.25) is 0 Å². The number of alkyl halides is 3. The number of rotatable bonds is 2. The van der Waals surface area contributed by atoms with Gasteiger partial charge in [0.2, 0.25) is 5.82 Å². The van der Waals surface area contributed by atoms with Crippen LogP contribution in [0, 0.1) is 0 Å². The van der Waals surface area contributed by atoms with E-state index in [-0.39, 0.29) is 28.4 Å². The van der Waals surface area contributed by atoms with E-state index in [1.165, 1.54) is 18.2 Å². The highest BCUT2D eigenvalue weighted by molar-refractivity contribution is 5.84. The van der Waals surface area contributed by atoms with Crippen LogP contribution < -0.4 is 4.74 Å². The average molecular weight is 308 g/mol. The van der Waals surface area contributed by atoms with Crippen molar-refractivity contribution in [1.82, 2.24) is 19.9 Å². The van der Waals surface area contributed by atoms with Gasteiger partial charge in [0, 0.05) is 6.20 Å². The molecule has 0 bridgehead atoms. The highest BCUT2D eigenvalue weighted by Gasteiger charge is 2.34. The second-order valence-electron chi connectivity index (χ2n) is 4.21. The van der Waals surface area contributed by atoms with E-state index >= 15 is 0 Å². The number of aromatic nitrogens is 4. The molecule has 22 heavy (non-hydrogen) atoms. The van der Waals surface area contributed by atoms with Gasteiger partial charge < -0.3 is 9.84 Å². The minimum atomic E-state index is -4.62. The summed E-state index contributed by atoms with van der Waals surface area (Å²) in [6.45, 7) is 0. The summed E-state index contributed by atoms with van der Waals surface area (Å²) >= 11 is 0. The summed E-state index contributed by atoms with van der Waals surface area (Å²) in [6.07, 6.45) is -1.33. The van der Waals surface area contributed by atoms with Gasteiger partial charge in [0.15, 0.2) is 5.75 Å². The van der Waals surface area contributed by atoms with E-state index in [4.69, 9.17) is 9.84 Å². The Kier molecular flexibility index (Phi) is 3.24. The van der Waals surface area contributed by atoms with Crippen molar-refractivity contribution in [3.63, 3.8) is 0 Å². The molecular formula is C13H7F3N4O2. The molecule has 0 saturated heterocycles. The van der Waals surface area contributed by atoms with Crippen LogP contribution in [-0.2, 0) is 6.18 Å². The van der Waals surface area contributed by atoms with Crippen molar-refractivity contribution in [2.45, 2.75) is 6.18 Å². The molecule has 0 aliphatic carbocycles. The molecule has 0 saturated carbocycles. The molecule has 0 atom stereocenters. The van der Waals surface area contributed by atoms with Gasteiger partial charge in [0.25, 0.3) is 0 Å². The van der Waals surface area contributed by atoms with E-state index in [0.29, 0.717) is 0 Å². The van der Waals surface area contributed by atoms with E-state index in [2.05, 4.69) is 19.9 Å². The van der Waals surface area contributed by atoms with Crippen LogP contribution in [0.2, 0.25) is 0 Å². The molecule has 0 amide bonds. The number of halogens is 3. The lowest BCUT2D eigenvalue weighted by Gasteiger charge is -2.09. The number of aromatic hydroxyl groups is 1. The van der Waals surface area contributed by atoms with Crippen molar-refractivity contribution in [2.24, 2.45) is 0 Å². The average Bonchev–Trinajstić information content (AvgIpc) is 2.48. The molecule has 0 radical (unpaired) electrons. The van der Waals surface area contributed by atoms with E-state index in [0.717, 1.165) is 18.6 Å². The minimum absolute atomic E-state index is 0.0646. The lowest BCUT2D eigenvalue weighted by molar-refractivity contribution is -0.144. The molecule has 0 aliphatic heterocycles. The molecule has 0 spiro atoms. The van der Waals surface area contributed by atoms with Crippen LogP contribution in [0.4, 0.5) is 13.2 Å².